The van der Waals surface area contributed by atoms with E-state index in [2.05, 4.69) is 5.10 Å². The van der Waals surface area contributed by atoms with Crippen LogP contribution in [0, 0.1) is 0 Å². The maximum absolute atomic E-state index is 6.24. The summed E-state index contributed by atoms with van der Waals surface area (Å²) in [6.07, 6.45) is 3.70. The molecule has 0 radical (unpaired) electrons. The lowest BCUT2D eigenvalue weighted by molar-refractivity contribution is 0.776. The molecule has 4 nitrogen and oxygen atoms in total. The molecule has 3 aromatic rings. The summed E-state index contributed by atoms with van der Waals surface area (Å²) in [6.45, 7) is 0. The minimum atomic E-state index is 0.671. The fraction of sp³-hybridized carbons (Fsp3) is 0.154. The molecule has 92 valence electrons. The van der Waals surface area contributed by atoms with Crippen LogP contribution in [0.5, 0.6) is 0 Å². The molecule has 0 fully saturated rings. The predicted molar refractivity (Wildman–Crippen MR) is 74.5 cm³/mol. The lowest BCUT2D eigenvalue weighted by Gasteiger charge is -2.02. The normalized spacial score (nSPS) is 11.3. The molecule has 2 N–H and O–H groups in total. The Hall–Kier alpha value is -1.94. The number of rotatable bonds is 1. The van der Waals surface area contributed by atoms with Crippen molar-refractivity contribution in [1.29, 1.82) is 0 Å². The Morgan fingerprint density at radius 3 is 2.72 bits per heavy atom. The number of aromatic nitrogens is 3. The van der Waals surface area contributed by atoms with Gasteiger partial charge in [0.05, 0.1) is 28.1 Å². The number of hydrogen-bond acceptors (Lipinski definition) is 2. The van der Waals surface area contributed by atoms with Gasteiger partial charge in [0.25, 0.3) is 0 Å². The van der Waals surface area contributed by atoms with Crippen LogP contribution >= 0.6 is 11.6 Å². The quantitative estimate of drug-likeness (QED) is 0.731. The van der Waals surface area contributed by atoms with Crippen LogP contribution in [0.3, 0.4) is 0 Å². The van der Waals surface area contributed by atoms with Gasteiger partial charge in [0.15, 0.2) is 0 Å². The summed E-state index contributed by atoms with van der Waals surface area (Å²) in [5, 5.41) is 6.00. The number of para-hydroxylation sites is 1. The predicted octanol–water partition coefficient (Wildman–Crippen LogP) is 2.81. The van der Waals surface area contributed by atoms with Crippen molar-refractivity contribution in [3.05, 3.63) is 35.6 Å². The minimum Gasteiger partial charge on any atom is -0.396 e. The first-order valence-corrected chi connectivity index (χ1v) is 5.99. The zero-order valence-corrected chi connectivity index (χ0v) is 10.9. The minimum absolute atomic E-state index is 0.671. The molecule has 0 atom stereocenters. The van der Waals surface area contributed by atoms with Gasteiger partial charge in [-0.1, -0.05) is 23.7 Å². The molecule has 0 unspecified atom stereocenters. The highest BCUT2D eigenvalue weighted by Crippen LogP contribution is 2.35. The van der Waals surface area contributed by atoms with E-state index in [1.54, 1.807) is 10.9 Å². The molecule has 0 saturated carbocycles. The molecule has 3 rings (SSSR count). The van der Waals surface area contributed by atoms with Crippen LogP contribution in [0.25, 0.3) is 22.2 Å². The molecule has 0 aliphatic rings. The summed E-state index contributed by atoms with van der Waals surface area (Å²) in [6, 6.07) is 5.88. The fourth-order valence-corrected chi connectivity index (χ4v) is 2.70. The maximum atomic E-state index is 6.24. The van der Waals surface area contributed by atoms with Gasteiger partial charge in [-0.15, -0.1) is 0 Å². The highest BCUT2D eigenvalue weighted by Gasteiger charge is 2.15. The molecular formula is C13H13ClN4. The molecule has 0 amide bonds. The fourth-order valence-electron chi connectivity index (χ4n) is 2.39. The summed E-state index contributed by atoms with van der Waals surface area (Å²) >= 11 is 6.24. The number of aryl methyl sites for hydroxylation is 2. The van der Waals surface area contributed by atoms with E-state index >= 15 is 0 Å². The largest absolute Gasteiger partial charge is 0.396 e. The number of benzene rings is 1. The van der Waals surface area contributed by atoms with Crippen molar-refractivity contribution in [1.82, 2.24) is 14.3 Å². The van der Waals surface area contributed by atoms with Gasteiger partial charge in [0.2, 0.25) is 0 Å². The Bertz CT molecular complexity index is 719. The van der Waals surface area contributed by atoms with E-state index in [1.807, 2.05) is 43.1 Å². The number of hydrogen-bond donors (Lipinski definition) is 1. The molecule has 0 saturated heterocycles. The lowest BCUT2D eigenvalue weighted by Crippen LogP contribution is -1.95. The number of nitrogens with zero attached hydrogens (tertiary/aromatic N) is 3. The maximum Gasteiger partial charge on any atom is 0.0930 e. The molecule has 0 aliphatic carbocycles. The van der Waals surface area contributed by atoms with Crippen LogP contribution in [0.1, 0.15) is 0 Å². The Kier molecular flexibility index (Phi) is 2.35. The Balaban J connectivity index is 2.41. The monoisotopic (exact) mass is 260 g/mol. The van der Waals surface area contributed by atoms with Gasteiger partial charge in [0.1, 0.15) is 0 Å². The lowest BCUT2D eigenvalue weighted by atomic mass is 10.1. The van der Waals surface area contributed by atoms with E-state index in [1.165, 1.54) is 0 Å². The molecule has 0 aliphatic heterocycles. The van der Waals surface area contributed by atoms with Crippen molar-refractivity contribution < 1.29 is 0 Å². The summed E-state index contributed by atoms with van der Waals surface area (Å²) in [4.78, 5) is 0. The second-order valence-corrected chi connectivity index (χ2v) is 4.77. The first kappa shape index (κ1) is 11.2. The van der Waals surface area contributed by atoms with Crippen molar-refractivity contribution in [3.63, 3.8) is 0 Å². The van der Waals surface area contributed by atoms with Gasteiger partial charge >= 0.3 is 0 Å². The van der Waals surface area contributed by atoms with Gasteiger partial charge in [-0.3, -0.25) is 4.68 Å². The zero-order valence-electron chi connectivity index (χ0n) is 10.2. The average Bonchev–Trinajstić information content (AvgIpc) is 2.82. The third kappa shape index (κ3) is 1.42. The van der Waals surface area contributed by atoms with Crippen LogP contribution in [-0.2, 0) is 14.1 Å². The second-order valence-electron chi connectivity index (χ2n) is 4.36. The Labute approximate surface area is 110 Å². The summed E-state index contributed by atoms with van der Waals surface area (Å²) < 4.78 is 3.80. The number of nitrogens with two attached hydrogens (primary N) is 1. The molecule has 2 aromatic heterocycles. The van der Waals surface area contributed by atoms with Gasteiger partial charge in [0, 0.05) is 31.2 Å². The van der Waals surface area contributed by atoms with Gasteiger partial charge in [-0.05, 0) is 6.07 Å². The Morgan fingerprint density at radius 2 is 2.06 bits per heavy atom. The number of nitrogen functional groups attached to an aromatic ring is 1. The average molecular weight is 261 g/mol. The molecule has 5 heteroatoms. The van der Waals surface area contributed by atoms with Crippen LogP contribution in [0.2, 0.25) is 5.02 Å². The Morgan fingerprint density at radius 1 is 1.28 bits per heavy atom. The van der Waals surface area contributed by atoms with E-state index in [0.717, 1.165) is 27.2 Å². The van der Waals surface area contributed by atoms with E-state index in [0.29, 0.717) is 5.69 Å². The van der Waals surface area contributed by atoms with Crippen molar-refractivity contribution in [3.8, 4) is 11.3 Å². The van der Waals surface area contributed by atoms with E-state index < -0.39 is 0 Å². The van der Waals surface area contributed by atoms with Crippen LogP contribution in [-0.4, -0.2) is 14.3 Å². The van der Waals surface area contributed by atoms with E-state index in [-0.39, 0.29) is 0 Å². The van der Waals surface area contributed by atoms with Crippen LogP contribution in [0.15, 0.2) is 30.6 Å². The molecule has 2 heterocycles. The van der Waals surface area contributed by atoms with Crippen molar-refractivity contribution >= 4 is 28.2 Å². The first-order chi connectivity index (χ1) is 8.59. The number of anilines is 1. The third-order valence-electron chi connectivity index (χ3n) is 3.17. The van der Waals surface area contributed by atoms with Crippen LogP contribution in [0.4, 0.5) is 5.69 Å². The summed E-state index contributed by atoms with van der Waals surface area (Å²) in [5.74, 6) is 0. The van der Waals surface area contributed by atoms with Crippen molar-refractivity contribution in [2.45, 2.75) is 0 Å². The second kappa shape index (κ2) is 3.78. The van der Waals surface area contributed by atoms with E-state index in [4.69, 9.17) is 17.3 Å². The van der Waals surface area contributed by atoms with Gasteiger partial charge in [-0.25, -0.2) is 0 Å². The van der Waals surface area contributed by atoms with Crippen molar-refractivity contribution in [2.24, 2.45) is 14.1 Å². The summed E-state index contributed by atoms with van der Waals surface area (Å²) in [7, 11) is 3.86. The first-order valence-electron chi connectivity index (χ1n) is 5.61. The molecule has 18 heavy (non-hydrogen) atoms. The topological polar surface area (TPSA) is 48.8 Å². The summed E-state index contributed by atoms with van der Waals surface area (Å²) in [5.41, 5.74) is 9.63. The highest BCUT2D eigenvalue weighted by atomic mass is 35.5. The smallest absolute Gasteiger partial charge is 0.0930 e. The molecule has 0 spiro atoms. The number of fused-ring (bicyclic) bond motifs is 1. The standard InChI is InChI=1S/C13H13ClN4/c1-17-7-9(13-11(15)6-16-18(13)2)8-4-3-5-10(14)12(8)17/h3-7H,15H2,1-2H3. The van der Waals surface area contributed by atoms with Crippen LogP contribution < -0.4 is 5.73 Å². The SMILES string of the molecule is Cn1ncc(N)c1-c1cn(C)c2c(Cl)cccc12. The number of halogens is 1. The van der Waals surface area contributed by atoms with Crippen molar-refractivity contribution in [2.75, 3.05) is 5.73 Å². The van der Waals surface area contributed by atoms with Gasteiger partial charge in [-0.2, -0.15) is 5.10 Å². The van der Waals surface area contributed by atoms with E-state index in [9.17, 15) is 0 Å². The third-order valence-corrected chi connectivity index (χ3v) is 3.48. The van der Waals surface area contributed by atoms with Gasteiger partial charge < -0.3 is 10.3 Å². The molecule has 0 bridgehead atoms. The molecular weight excluding hydrogens is 248 g/mol. The highest BCUT2D eigenvalue weighted by molar-refractivity contribution is 6.35. The molecule has 1 aromatic carbocycles. The zero-order chi connectivity index (χ0) is 12.9.